The quantitative estimate of drug-likeness (QED) is 0.159. The normalized spacial score (nSPS) is 14.2. The Hall–Kier alpha value is -3.62. The van der Waals surface area contributed by atoms with Gasteiger partial charge in [0.25, 0.3) is 0 Å². The lowest BCUT2D eigenvalue weighted by molar-refractivity contribution is -0.0328. The first-order chi connectivity index (χ1) is 19.3. The predicted octanol–water partition coefficient (Wildman–Crippen LogP) is 8.43. The number of thioether (sulfide) groups is 1. The summed E-state index contributed by atoms with van der Waals surface area (Å²) in [6.07, 6.45) is 5.06. The number of aromatic nitrogens is 2. The minimum Gasteiger partial charge on any atom is -0.319 e. The average molecular weight is 562 g/mol. The Morgan fingerprint density at radius 1 is 0.900 bits per heavy atom. The molecule has 6 rings (SSSR count). The van der Waals surface area contributed by atoms with Crippen molar-refractivity contribution in [3.05, 3.63) is 96.1 Å². The number of imidazole rings is 1. The number of nitrogens with zero attached hydrogens (tertiary/aromatic N) is 3. The Labute approximate surface area is 235 Å². The van der Waals surface area contributed by atoms with Crippen LogP contribution in [0.15, 0.2) is 89.8 Å². The van der Waals surface area contributed by atoms with Gasteiger partial charge in [0.1, 0.15) is 12.1 Å². The van der Waals surface area contributed by atoms with E-state index in [1.54, 1.807) is 24.3 Å². The average Bonchev–Trinajstić information content (AvgIpc) is 3.31. The van der Waals surface area contributed by atoms with Crippen molar-refractivity contribution >= 4 is 39.9 Å². The summed E-state index contributed by atoms with van der Waals surface area (Å²) in [7, 11) is 2.19. The van der Waals surface area contributed by atoms with Crippen LogP contribution in [0.4, 0.5) is 13.2 Å². The molecule has 0 bridgehead atoms. The molecular formula is C32H30F3N3OS. The number of aldehydes is 1. The van der Waals surface area contributed by atoms with Crippen LogP contribution in [0.2, 0.25) is 0 Å². The summed E-state index contributed by atoms with van der Waals surface area (Å²) in [5, 5.41) is 2.12. The van der Waals surface area contributed by atoms with E-state index in [4.69, 9.17) is 4.98 Å². The summed E-state index contributed by atoms with van der Waals surface area (Å²) in [4.78, 5) is 18.8. The van der Waals surface area contributed by atoms with Crippen molar-refractivity contribution in [1.29, 1.82) is 0 Å². The molecule has 1 fully saturated rings. The van der Waals surface area contributed by atoms with Gasteiger partial charge in [-0.05, 0) is 91.4 Å². The molecule has 8 heteroatoms. The molecule has 0 spiro atoms. The number of fused-ring (bicyclic) bond motifs is 2. The maximum atomic E-state index is 12.7. The van der Waals surface area contributed by atoms with Gasteiger partial charge in [0.2, 0.25) is 0 Å². The van der Waals surface area contributed by atoms with Crippen molar-refractivity contribution in [3.63, 3.8) is 0 Å². The summed E-state index contributed by atoms with van der Waals surface area (Å²) < 4.78 is 40.1. The molecule has 0 saturated carbocycles. The fraction of sp³-hybridized carbons (Fsp3) is 0.250. The van der Waals surface area contributed by atoms with Crippen molar-refractivity contribution in [3.8, 4) is 11.4 Å². The molecule has 2 heterocycles. The van der Waals surface area contributed by atoms with Gasteiger partial charge in [-0.1, -0.05) is 61.0 Å². The molecule has 1 aliphatic heterocycles. The van der Waals surface area contributed by atoms with E-state index in [2.05, 4.69) is 11.9 Å². The highest BCUT2D eigenvalue weighted by Gasteiger charge is 2.29. The van der Waals surface area contributed by atoms with E-state index in [1.165, 1.54) is 44.5 Å². The molecule has 4 aromatic carbocycles. The first kappa shape index (κ1) is 27.9. The van der Waals surface area contributed by atoms with E-state index in [0.29, 0.717) is 12.1 Å². The second-order valence-electron chi connectivity index (χ2n) is 9.97. The molecule has 0 atom stereocenters. The van der Waals surface area contributed by atoms with Crippen molar-refractivity contribution in [2.24, 2.45) is 0 Å². The highest BCUT2D eigenvalue weighted by atomic mass is 32.2. The van der Waals surface area contributed by atoms with Gasteiger partial charge in [0, 0.05) is 22.6 Å². The third-order valence-corrected chi connectivity index (χ3v) is 7.76. The lowest BCUT2D eigenvalue weighted by Gasteiger charge is -2.20. The van der Waals surface area contributed by atoms with E-state index in [9.17, 15) is 18.0 Å². The van der Waals surface area contributed by atoms with E-state index in [1.807, 2.05) is 53.1 Å². The van der Waals surface area contributed by atoms with Crippen molar-refractivity contribution < 1.29 is 18.0 Å². The van der Waals surface area contributed by atoms with Crippen molar-refractivity contribution in [2.45, 2.75) is 36.2 Å². The fourth-order valence-corrected chi connectivity index (χ4v) is 5.57. The van der Waals surface area contributed by atoms with Crippen LogP contribution < -0.4 is 0 Å². The molecular weight excluding hydrogens is 531 g/mol. The van der Waals surface area contributed by atoms with E-state index >= 15 is 0 Å². The SMILES string of the molecule is CN1CCCCC1.O=Cc1ccc2nc(-c3cccc4ccccc34)n(Cc3ccc(SC(F)(F)F)cc3)c2c1. The van der Waals surface area contributed by atoms with Crippen LogP contribution in [-0.2, 0) is 6.54 Å². The molecule has 1 aliphatic rings. The summed E-state index contributed by atoms with van der Waals surface area (Å²) in [6, 6.07) is 25.7. The Balaban J connectivity index is 0.000000403. The van der Waals surface area contributed by atoms with Gasteiger partial charge in [0.05, 0.1) is 11.0 Å². The zero-order valence-corrected chi connectivity index (χ0v) is 23.0. The van der Waals surface area contributed by atoms with Crippen molar-refractivity contribution in [2.75, 3.05) is 20.1 Å². The molecule has 0 N–H and O–H groups in total. The van der Waals surface area contributed by atoms with E-state index in [0.717, 1.165) is 45.0 Å². The largest absolute Gasteiger partial charge is 0.446 e. The van der Waals surface area contributed by atoms with Crippen LogP contribution in [0, 0.1) is 0 Å². The summed E-state index contributed by atoms with van der Waals surface area (Å²) in [5.41, 5.74) is -0.483. The smallest absolute Gasteiger partial charge is 0.319 e. The Bertz CT molecular complexity index is 1600. The Kier molecular flexibility index (Phi) is 8.57. The standard InChI is InChI=1S/C26H17F3N2OS.C6H13N/c27-26(28,29)33-20-11-8-17(9-12-20)15-31-24-14-18(16-32)10-13-23(24)30-25(31)22-7-3-5-19-4-1-2-6-21(19)22;1-7-5-3-2-4-6-7/h1-14,16H,15H2;2-6H2,1H3. The number of carbonyl (C=O) groups excluding carboxylic acids is 1. The van der Waals surface area contributed by atoms with Gasteiger partial charge >= 0.3 is 5.51 Å². The summed E-state index contributed by atoms with van der Waals surface area (Å²) in [6.45, 7) is 3.04. The minimum atomic E-state index is -4.32. The lowest BCUT2D eigenvalue weighted by atomic mass is 10.0. The number of alkyl halides is 3. The number of carbonyl (C=O) groups is 1. The zero-order chi connectivity index (χ0) is 28.1. The van der Waals surface area contributed by atoms with Crippen LogP contribution >= 0.6 is 11.8 Å². The second kappa shape index (κ2) is 12.3. The number of rotatable bonds is 5. The topological polar surface area (TPSA) is 38.1 Å². The number of likely N-dealkylation sites (tertiary alicyclic amines) is 1. The van der Waals surface area contributed by atoms with Gasteiger partial charge in [-0.3, -0.25) is 4.79 Å². The summed E-state index contributed by atoms with van der Waals surface area (Å²) >= 11 is -0.132. The van der Waals surface area contributed by atoms with Crippen LogP contribution in [0.25, 0.3) is 33.2 Å². The number of hydrogen-bond donors (Lipinski definition) is 0. The number of piperidine rings is 1. The Morgan fingerprint density at radius 2 is 1.62 bits per heavy atom. The maximum Gasteiger partial charge on any atom is 0.446 e. The molecule has 0 radical (unpaired) electrons. The van der Waals surface area contributed by atoms with Gasteiger partial charge in [0.15, 0.2) is 0 Å². The third kappa shape index (κ3) is 6.74. The minimum absolute atomic E-state index is 0.132. The van der Waals surface area contributed by atoms with Crippen LogP contribution in [-0.4, -0.2) is 46.4 Å². The highest BCUT2D eigenvalue weighted by Crippen LogP contribution is 2.37. The van der Waals surface area contributed by atoms with Crippen LogP contribution in [0.5, 0.6) is 0 Å². The maximum absolute atomic E-state index is 12.7. The van der Waals surface area contributed by atoms with Gasteiger partial charge in [-0.25, -0.2) is 4.98 Å². The third-order valence-electron chi connectivity index (χ3n) is 7.02. The zero-order valence-electron chi connectivity index (χ0n) is 22.2. The van der Waals surface area contributed by atoms with Gasteiger partial charge < -0.3 is 9.47 Å². The molecule has 40 heavy (non-hydrogen) atoms. The molecule has 0 unspecified atom stereocenters. The fourth-order valence-electron chi connectivity index (χ4n) is 5.03. The number of benzene rings is 4. The van der Waals surface area contributed by atoms with Gasteiger partial charge in [-0.15, -0.1) is 0 Å². The predicted molar refractivity (Wildman–Crippen MR) is 157 cm³/mol. The first-order valence-corrected chi connectivity index (χ1v) is 14.1. The molecule has 206 valence electrons. The Morgan fingerprint density at radius 3 is 2.30 bits per heavy atom. The van der Waals surface area contributed by atoms with Crippen LogP contribution in [0.3, 0.4) is 0 Å². The van der Waals surface area contributed by atoms with Crippen molar-refractivity contribution in [1.82, 2.24) is 14.5 Å². The first-order valence-electron chi connectivity index (χ1n) is 13.3. The molecule has 5 aromatic rings. The second-order valence-corrected chi connectivity index (χ2v) is 11.1. The molecule has 0 aliphatic carbocycles. The number of hydrogen-bond acceptors (Lipinski definition) is 4. The van der Waals surface area contributed by atoms with Crippen LogP contribution in [0.1, 0.15) is 35.2 Å². The van der Waals surface area contributed by atoms with E-state index in [-0.39, 0.29) is 16.7 Å². The monoisotopic (exact) mass is 561 g/mol. The molecule has 1 aromatic heterocycles. The molecule has 4 nitrogen and oxygen atoms in total. The summed E-state index contributed by atoms with van der Waals surface area (Å²) in [5.74, 6) is 0.735. The molecule has 0 amide bonds. The van der Waals surface area contributed by atoms with Gasteiger partial charge in [-0.2, -0.15) is 13.2 Å². The highest BCUT2D eigenvalue weighted by molar-refractivity contribution is 8.00. The lowest BCUT2D eigenvalue weighted by Crippen LogP contribution is -2.24. The molecule has 1 saturated heterocycles. The van der Waals surface area contributed by atoms with E-state index < -0.39 is 5.51 Å². The number of halogens is 3.